The number of nitrogens with one attached hydrogen (secondary N) is 1. The highest BCUT2D eigenvalue weighted by molar-refractivity contribution is 7.80. The van der Waals surface area contributed by atoms with E-state index < -0.39 is 0 Å². The van der Waals surface area contributed by atoms with Crippen molar-refractivity contribution >= 4 is 28.9 Å². The third kappa shape index (κ3) is 3.61. The van der Waals surface area contributed by atoms with Crippen molar-refractivity contribution in [3.05, 3.63) is 81.9 Å². The van der Waals surface area contributed by atoms with Crippen LogP contribution in [-0.4, -0.2) is 26.1 Å². The number of nitrogens with zero attached hydrogens (tertiary/aromatic N) is 3. The van der Waals surface area contributed by atoms with Crippen LogP contribution >= 0.6 is 23.8 Å². The van der Waals surface area contributed by atoms with E-state index in [0.29, 0.717) is 0 Å². The van der Waals surface area contributed by atoms with Crippen LogP contribution in [0.1, 0.15) is 53.6 Å². The maximum absolute atomic E-state index is 6.34. The standard InChI is InChI=1S/C24H27ClN4S/c1-5-12-28-23(22(27-24(28)30)20-8-6-7-11-26-20)19-13-16(3)29(17(19)4)21-14-18(25)10-9-15(21)2/h6-11,13-14,22-23H,5,12H2,1-4H3,(H,27,30)/t22-,23-/m1/s1. The fourth-order valence-corrected chi connectivity index (χ4v) is 5.01. The molecule has 4 nitrogen and oxygen atoms in total. The summed E-state index contributed by atoms with van der Waals surface area (Å²) in [5.41, 5.74) is 6.97. The topological polar surface area (TPSA) is 33.1 Å². The monoisotopic (exact) mass is 438 g/mol. The van der Waals surface area contributed by atoms with Crippen molar-refractivity contribution in [2.24, 2.45) is 0 Å². The lowest BCUT2D eigenvalue weighted by atomic mass is 9.96. The van der Waals surface area contributed by atoms with Gasteiger partial charge in [0.05, 0.1) is 17.8 Å². The molecule has 3 heterocycles. The maximum Gasteiger partial charge on any atom is 0.170 e. The van der Waals surface area contributed by atoms with Crippen molar-refractivity contribution in [3.63, 3.8) is 0 Å². The molecule has 0 radical (unpaired) electrons. The summed E-state index contributed by atoms with van der Waals surface area (Å²) in [4.78, 5) is 6.95. The fourth-order valence-electron chi connectivity index (χ4n) is 4.51. The lowest BCUT2D eigenvalue weighted by Gasteiger charge is -2.28. The van der Waals surface area contributed by atoms with Crippen LogP contribution < -0.4 is 5.32 Å². The van der Waals surface area contributed by atoms with Crippen molar-refractivity contribution in [2.75, 3.05) is 6.54 Å². The molecule has 0 aliphatic carbocycles. The predicted molar refractivity (Wildman–Crippen MR) is 127 cm³/mol. The van der Waals surface area contributed by atoms with E-state index in [-0.39, 0.29) is 12.1 Å². The molecule has 30 heavy (non-hydrogen) atoms. The summed E-state index contributed by atoms with van der Waals surface area (Å²) < 4.78 is 2.30. The van der Waals surface area contributed by atoms with Crippen molar-refractivity contribution in [1.29, 1.82) is 0 Å². The van der Waals surface area contributed by atoms with Gasteiger partial charge in [-0.1, -0.05) is 30.7 Å². The summed E-state index contributed by atoms with van der Waals surface area (Å²) in [6, 6.07) is 14.5. The first-order chi connectivity index (χ1) is 14.4. The van der Waals surface area contributed by atoms with Crippen LogP contribution in [0.15, 0.2) is 48.7 Å². The Bertz CT molecular complexity index is 1080. The molecule has 1 fully saturated rings. The van der Waals surface area contributed by atoms with E-state index in [1.165, 1.54) is 22.5 Å². The Hall–Kier alpha value is -2.37. The molecule has 3 aromatic rings. The van der Waals surface area contributed by atoms with Crippen molar-refractivity contribution in [1.82, 2.24) is 19.8 Å². The molecule has 2 aromatic heterocycles. The van der Waals surface area contributed by atoms with Crippen molar-refractivity contribution in [3.8, 4) is 5.69 Å². The molecule has 1 aliphatic heterocycles. The molecule has 0 unspecified atom stereocenters. The first-order valence-electron chi connectivity index (χ1n) is 10.4. The zero-order chi connectivity index (χ0) is 21.4. The molecule has 4 rings (SSSR count). The highest BCUT2D eigenvalue weighted by Gasteiger charge is 2.41. The lowest BCUT2D eigenvalue weighted by molar-refractivity contribution is 0.316. The van der Waals surface area contributed by atoms with Gasteiger partial charge >= 0.3 is 0 Å². The number of thiocarbonyl (C=S) groups is 1. The van der Waals surface area contributed by atoms with E-state index in [1.807, 2.05) is 30.5 Å². The van der Waals surface area contributed by atoms with Gasteiger partial charge in [0.1, 0.15) is 0 Å². The van der Waals surface area contributed by atoms with E-state index in [4.69, 9.17) is 23.8 Å². The quantitative estimate of drug-likeness (QED) is 0.508. The Balaban J connectivity index is 1.86. The van der Waals surface area contributed by atoms with E-state index in [1.54, 1.807) is 0 Å². The molecular formula is C24H27ClN4S. The number of aryl methyl sites for hydroxylation is 2. The minimum atomic E-state index is 0.0136. The third-order valence-electron chi connectivity index (χ3n) is 5.86. The van der Waals surface area contributed by atoms with Crippen molar-refractivity contribution in [2.45, 2.75) is 46.2 Å². The Morgan fingerprint density at radius 2 is 1.93 bits per heavy atom. The van der Waals surface area contributed by atoms with Gasteiger partial charge < -0.3 is 14.8 Å². The number of pyridine rings is 1. The van der Waals surface area contributed by atoms with E-state index in [0.717, 1.165) is 34.5 Å². The number of halogens is 1. The minimum absolute atomic E-state index is 0.0136. The molecule has 1 saturated heterocycles. The molecule has 0 amide bonds. The molecule has 6 heteroatoms. The number of hydrogen-bond donors (Lipinski definition) is 1. The van der Waals surface area contributed by atoms with Gasteiger partial charge in [-0.05, 0) is 80.9 Å². The zero-order valence-corrected chi connectivity index (χ0v) is 19.4. The number of benzene rings is 1. The highest BCUT2D eigenvalue weighted by Crippen LogP contribution is 2.41. The van der Waals surface area contributed by atoms with Gasteiger partial charge in [-0.15, -0.1) is 0 Å². The van der Waals surface area contributed by atoms with Gasteiger partial charge in [-0.3, -0.25) is 4.98 Å². The lowest BCUT2D eigenvalue weighted by Crippen LogP contribution is -2.30. The molecule has 0 bridgehead atoms. The van der Waals surface area contributed by atoms with Crippen LogP contribution in [0.25, 0.3) is 5.69 Å². The van der Waals surface area contributed by atoms with Crippen LogP contribution in [0.5, 0.6) is 0 Å². The predicted octanol–water partition coefficient (Wildman–Crippen LogP) is 5.83. The van der Waals surface area contributed by atoms with Gasteiger partial charge in [0.15, 0.2) is 5.11 Å². The van der Waals surface area contributed by atoms with Gasteiger partial charge in [-0.2, -0.15) is 0 Å². The molecule has 2 atom stereocenters. The Kier molecular flexibility index (Phi) is 5.85. The Morgan fingerprint density at radius 1 is 1.13 bits per heavy atom. The smallest absolute Gasteiger partial charge is 0.170 e. The summed E-state index contributed by atoms with van der Waals surface area (Å²) in [6.07, 6.45) is 2.87. The maximum atomic E-state index is 6.34. The van der Waals surface area contributed by atoms with Crippen LogP contribution in [-0.2, 0) is 0 Å². The Morgan fingerprint density at radius 3 is 2.63 bits per heavy atom. The second-order valence-electron chi connectivity index (χ2n) is 7.91. The van der Waals surface area contributed by atoms with Crippen molar-refractivity contribution < 1.29 is 0 Å². The van der Waals surface area contributed by atoms with E-state index >= 15 is 0 Å². The zero-order valence-electron chi connectivity index (χ0n) is 17.8. The molecule has 1 N–H and O–H groups in total. The van der Waals surface area contributed by atoms with E-state index in [2.05, 4.69) is 65.7 Å². The van der Waals surface area contributed by atoms with Crippen LogP contribution in [0, 0.1) is 20.8 Å². The Labute approximate surface area is 188 Å². The van der Waals surface area contributed by atoms with Gasteiger partial charge in [-0.25, -0.2) is 0 Å². The molecule has 0 saturated carbocycles. The average molecular weight is 439 g/mol. The number of hydrogen-bond acceptors (Lipinski definition) is 2. The first-order valence-corrected chi connectivity index (χ1v) is 11.1. The highest BCUT2D eigenvalue weighted by atomic mass is 35.5. The second-order valence-corrected chi connectivity index (χ2v) is 8.74. The van der Waals surface area contributed by atoms with E-state index in [9.17, 15) is 0 Å². The van der Waals surface area contributed by atoms with Gasteiger partial charge in [0.2, 0.25) is 0 Å². The normalized spacial score (nSPS) is 18.7. The summed E-state index contributed by atoms with van der Waals surface area (Å²) in [7, 11) is 0. The summed E-state index contributed by atoms with van der Waals surface area (Å²) in [5, 5.41) is 5.07. The minimum Gasteiger partial charge on any atom is -0.352 e. The third-order valence-corrected chi connectivity index (χ3v) is 6.45. The largest absolute Gasteiger partial charge is 0.352 e. The second kappa shape index (κ2) is 8.40. The van der Waals surface area contributed by atoms with Crippen LogP contribution in [0.2, 0.25) is 5.02 Å². The molecular weight excluding hydrogens is 412 g/mol. The van der Waals surface area contributed by atoms with Gasteiger partial charge in [0, 0.05) is 34.8 Å². The average Bonchev–Trinajstić information content (AvgIpc) is 3.21. The fraction of sp³-hybridized carbons (Fsp3) is 0.333. The summed E-state index contributed by atoms with van der Waals surface area (Å²) >= 11 is 12.1. The SMILES string of the molecule is CCCN1C(=S)N[C@H](c2ccccn2)[C@H]1c1cc(C)n(-c2cc(Cl)ccc2C)c1C. The summed E-state index contributed by atoms with van der Waals surface area (Å²) in [5.74, 6) is 0. The molecule has 156 valence electrons. The molecule has 1 aliphatic rings. The number of rotatable bonds is 5. The van der Waals surface area contributed by atoms with Crippen LogP contribution in [0.4, 0.5) is 0 Å². The molecule has 1 aromatic carbocycles. The molecule has 0 spiro atoms. The summed E-state index contributed by atoms with van der Waals surface area (Å²) in [6.45, 7) is 9.55. The van der Waals surface area contributed by atoms with Gasteiger partial charge in [0.25, 0.3) is 0 Å². The van der Waals surface area contributed by atoms with Crippen LogP contribution in [0.3, 0.4) is 0 Å². The first kappa shape index (κ1) is 20.9. The number of aromatic nitrogens is 2.